The second-order valence-electron chi connectivity index (χ2n) is 4.45. The van der Waals surface area contributed by atoms with Crippen molar-refractivity contribution in [1.82, 2.24) is 0 Å². The molecule has 92 valence electrons. The summed E-state index contributed by atoms with van der Waals surface area (Å²) in [6, 6.07) is 5.43. The van der Waals surface area contributed by atoms with Crippen molar-refractivity contribution >= 4 is 21.6 Å². The highest BCUT2D eigenvalue weighted by atomic mass is 79.9. The predicted octanol–water partition coefficient (Wildman–Crippen LogP) is 4.89. The highest BCUT2D eigenvalue weighted by molar-refractivity contribution is 9.10. The van der Waals surface area contributed by atoms with Crippen LogP contribution in [-0.2, 0) is 0 Å². The molecule has 0 fully saturated rings. The quantitative estimate of drug-likeness (QED) is 0.767. The number of anilines is 1. The molecule has 0 saturated carbocycles. The molecule has 1 N–H and O–H groups in total. The van der Waals surface area contributed by atoms with Gasteiger partial charge in [0.1, 0.15) is 5.82 Å². The summed E-state index contributed by atoms with van der Waals surface area (Å²) >= 11 is 3.21. The fourth-order valence-corrected chi connectivity index (χ4v) is 2.46. The lowest BCUT2D eigenvalue weighted by molar-refractivity contribution is 0.608. The van der Waals surface area contributed by atoms with Crippen LogP contribution in [0.15, 0.2) is 34.8 Å². The van der Waals surface area contributed by atoms with E-state index in [9.17, 15) is 4.39 Å². The molecule has 0 aliphatic heterocycles. The Labute approximate surface area is 110 Å². The summed E-state index contributed by atoms with van der Waals surface area (Å²) in [6.07, 6.45) is 10.6. The molecule has 0 aromatic heterocycles. The molecule has 3 heteroatoms. The Morgan fingerprint density at radius 1 is 1.24 bits per heavy atom. The highest BCUT2D eigenvalue weighted by Crippen LogP contribution is 2.22. The number of hydrogen-bond acceptors (Lipinski definition) is 1. The number of benzene rings is 1. The van der Waals surface area contributed by atoms with E-state index in [-0.39, 0.29) is 5.82 Å². The lowest BCUT2D eigenvalue weighted by Gasteiger charge is -2.18. The Balaban J connectivity index is 2.03. The van der Waals surface area contributed by atoms with Crippen LogP contribution in [-0.4, -0.2) is 6.04 Å². The molecule has 1 aliphatic rings. The zero-order valence-corrected chi connectivity index (χ0v) is 11.3. The molecule has 0 spiro atoms. The van der Waals surface area contributed by atoms with Gasteiger partial charge in [-0.1, -0.05) is 25.0 Å². The SMILES string of the molecule is Fc1ccc(NC2/C=C/CCCCC2)cc1Br. The van der Waals surface area contributed by atoms with Gasteiger partial charge in [-0.2, -0.15) is 0 Å². The van der Waals surface area contributed by atoms with E-state index in [0.29, 0.717) is 10.5 Å². The standard InChI is InChI=1S/C14H17BrFN/c15-13-10-12(8-9-14(13)16)17-11-6-4-2-1-3-5-7-11/h4,6,8-11,17H,1-3,5,7H2/b6-4+. The maximum atomic E-state index is 13.1. The molecule has 1 nitrogen and oxygen atoms in total. The Morgan fingerprint density at radius 2 is 2.12 bits per heavy atom. The van der Waals surface area contributed by atoms with Crippen LogP contribution in [0.25, 0.3) is 0 Å². The van der Waals surface area contributed by atoms with Gasteiger partial charge in [-0.05, 0) is 53.4 Å². The summed E-state index contributed by atoms with van der Waals surface area (Å²) in [5.74, 6) is -0.219. The maximum Gasteiger partial charge on any atom is 0.137 e. The molecule has 0 heterocycles. The normalized spacial score (nSPS) is 22.6. The Morgan fingerprint density at radius 3 is 2.94 bits per heavy atom. The molecule has 1 aromatic carbocycles. The van der Waals surface area contributed by atoms with Crippen LogP contribution in [0, 0.1) is 5.82 Å². The summed E-state index contributed by atoms with van der Waals surface area (Å²) < 4.78 is 13.6. The average Bonchev–Trinajstić information content (AvgIpc) is 2.27. The molecule has 0 bridgehead atoms. The fourth-order valence-electron chi connectivity index (χ4n) is 2.08. The Bertz CT molecular complexity index is 403. The zero-order chi connectivity index (χ0) is 12.1. The largest absolute Gasteiger partial charge is 0.379 e. The first-order chi connectivity index (χ1) is 8.25. The number of allylic oxidation sites excluding steroid dienone is 1. The van der Waals surface area contributed by atoms with Gasteiger partial charge < -0.3 is 5.32 Å². The van der Waals surface area contributed by atoms with Gasteiger partial charge in [0.05, 0.1) is 4.47 Å². The second kappa shape index (κ2) is 6.20. The molecule has 2 rings (SSSR count). The number of rotatable bonds is 2. The molecule has 1 aromatic rings. The van der Waals surface area contributed by atoms with E-state index in [1.165, 1.54) is 31.7 Å². The van der Waals surface area contributed by atoms with E-state index in [2.05, 4.69) is 33.4 Å². The van der Waals surface area contributed by atoms with Crippen molar-refractivity contribution in [3.8, 4) is 0 Å². The van der Waals surface area contributed by atoms with Gasteiger partial charge in [-0.3, -0.25) is 0 Å². The van der Waals surface area contributed by atoms with Crippen molar-refractivity contribution in [3.05, 3.63) is 40.6 Å². The third kappa shape index (κ3) is 3.84. The van der Waals surface area contributed by atoms with Crippen molar-refractivity contribution in [3.63, 3.8) is 0 Å². The van der Waals surface area contributed by atoms with Crippen LogP contribution >= 0.6 is 15.9 Å². The molecule has 17 heavy (non-hydrogen) atoms. The number of hydrogen-bond donors (Lipinski definition) is 1. The number of nitrogens with one attached hydrogen (secondary N) is 1. The summed E-state index contributed by atoms with van der Waals surface area (Å²) in [4.78, 5) is 0. The molecule has 1 atom stereocenters. The first kappa shape index (κ1) is 12.6. The van der Waals surface area contributed by atoms with Crippen LogP contribution in [0.1, 0.15) is 32.1 Å². The molecule has 0 amide bonds. The van der Waals surface area contributed by atoms with Crippen LogP contribution < -0.4 is 5.32 Å². The van der Waals surface area contributed by atoms with E-state index in [1.807, 2.05) is 0 Å². The lowest BCUT2D eigenvalue weighted by Crippen LogP contribution is -2.17. The van der Waals surface area contributed by atoms with Crippen molar-refractivity contribution in [2.24, 2.45) is 0 Å². The van der Waals surface area contributed by atoms with Crippen molar-refractivity contribution in [2.75, 3.05) is 5.32 Å². The molecule has 0 saturated heterocycles. The van der Waals surface area contributed by atoms with Gasteiger partial charge in [0.15, 0.2) is 0 Å². The minimum atomic E-state index is -0.219. The van der Waals surface area contributed by atoms with Gasteiger partial charge >= 0.3 is 0 Å². The monoisotopic (exact) mass is 297 g/mol. The molecule has 1 unspecified atom stereocenters. The first-order valence-corrected chi connectivity index (χ1v) is 6.93. The van der Waals surface area contributed by atoms with E-state index in [0.717, 1.165) is 12.1 Å². The maximum absolute atomic E-state index is 13.1. The smallest absolute Gasteiger partial charge is 0.137 e. The minimum absolute atomic E-state index is 0.219. The Kier molecular flexibility index (Phi) is 4.60. The summed E-state index contributed by atoms with van der Waals surface area (Å²) in [6.45, 7) is 0. The van der Waals surface area contributed by atoms with Crippen LogP contribution in [0.4, 0.5) is 10.1 Å². The topological polar surface area (TPSA) is 12.0 Å². The molecule has 1 aliphatic carbocycles. The van der Waals surface area contributed by atoms with Crippen molar-refractivity contribution in [2.45, 2.75) is 38.1 Å². The lowest BCUT2D eigenvalue weighted by atomic mass is 10.0. The van der Waals surface area contributed by atoms with Crippen molar-refractivity contribution < 1.29 is 4.39 Å². The summed E-state index contributed by atoms with van der Waals surface area (Å²) in [7, 11) is 0. The molecular formula is C14H17BrFN. The first-order valence-electron chi connectivity index (χ1n) is 6.14. The fraction of sp³-hybridized carbons (Fsp3) is 0.429. The average molecular weight is 298 g/mol. The molecular weight excluding hydrogens is 281 g/mol. The highest BCUT2D eigenvalue weighted by Gasteiger charge is 2.07. The van der Waals surface area contributed by atoms with E-state index in [1.54, 1.807) is 12.1 Å². The van der Waals surface area contributed by atoms with Crippen molar-refractivity contribution in [1.29, 1.82) is 0 Å². The van der Waals surface area contributed by atoms with Crippen LogP contribution in [0.5, 0.6) is 0 Å². The van der Waals surface area contributed by atoms with Gasteiger partial charge in [0, 0.05) is 11.7 Å². The van der Waals surface area contributed by atoms with Crippen LogP contribution in [0.2, 0.25) is 0 Å². The van der Waals surface area contributed by atoms with E-state index in [4.69, 9.17) is 0 Å². The van der Waals surface area contributed by atoms with Gasteiger partial charge in [0.25, 0.3) is 0 Å². The third-order valence-corrected chi connectivity index (χ3v) is 3.63. The van der Waals surface area contributed by atoms with Gasteiger partial charge in [0.2, 0.25) is 0 Å². The summed E-state index contributed by atoms with van der Waals surface area (Å²) in [5, 5.41) is 3.43. The summed E-state index contributed by atoms with van der Waals surface area (Å²) in [5.41, 5.74) is 0.966. The second-order valence-corrected chi connectivity index (χ2v) is 5.30. The molecule has 0 radical (unpaired) electrons. The van der Waals surface area contributed by atoms with E-state index >= 15 is 0 Å². The van der Waals surface area contributed by atoms with Gasteiger partial charge in [-0.25, -0.2) is 4.39 Å². The van der Waals surface area contributed by atoms with Crippen LogP contribution in [0.3, 0.4) is 0 Å². The Hall–Kier alpha value is -0.830. The predicted molar refractivity (Wildman–Crippen MR) is 73.7 cm³/mol. The van der Waals surface area contributed by atoms with E-state index < -0.39 is 0 Å². The zero-order valence-electron chi connectivity index (χ0n) is 9.76. The number of halogens is 2. The third-order valence-electron chi connectivity index (χ3n) is 3.03. The minimum Gasteiger partial charge on any atom is -0.379 e. The van der Waals surface area contributed by atoms with Gasteiger partial charge in [-0.15, -0.1) is 0 Å².